The van der Waals surface area contributed by atoms with Gasteiger partial charge in [-0.1, -0.05) is 97.4 Å². The molecule has 176 valence electrons. The minimum absolute atomic E-state index is 0.0884. The van der Waals surface area contributed by atoms with Crippen LogP contribution < -0.4 is 5.32 Å². The number of alkyl carbamates (subject to hydrolysis) is 1. The molecule has 5 heteroatoms. The lowest BCUT2D eigenvalue weighted by Crippen LogP contribution is -2.44. The third kappa shape index (κ3) is 4.26. The van der Waals surface area contributed by atoms with Crippen molar-refractivity contribution in [2.24, 2.45) is 0 Å². The molecule has 1 aliphatic rings. The number of carbonyl (C=O) groups excluding carboxylic acids is 1. The molecule has 2 N–H and O–H groups in total. The Morgan fingerprint density at radius 3 is 2.17 bits per heavy atom. The van der Waals surface area contributed by atoms with Gasteiger partial charge in [-0.2, -0.15) is 0 Å². The molecule has 0 spiro atoms. The number of hydrogen-bond acceptors (Lipinski definition) is 3. The first kappa shape index (κ1) is 22.7. The Bertz CT molecular complexity index is 1380. The zero-order chi connectivity index (χ0) is 24.5. The second kappa shape index (κ2) is 9.26. The number of carbonyl (C=O) groups is 2. The summed E-state index contributed by atoms with van der Waals surface area (Å²) >= 11 is 0. The van der Waals surface area contributed by atoms with Crippen LogP contribution in [0.3, 0.4) is 0 Å². The lowest BCUT2D eigenvalue weighted by Gasteiger charge is -2.24. The van der Waals surface area contributed by atoms with Crippen molar-refractivity contribution in [3.05, 3.63) is 107 Å². The molecule has 1 amide bonds. The van der Waals surface area contributed by atoms with Gasteiger partial charge in [0.15, 0.2) is 0 Å². The highest BCUT2D eigenvalue weighted by molar-refractivity contribution is 5.89. The van der Waals surface area contributed by atoms with Crippen LogP contribution in [0.4, 0.5) is 4.79 Å². The largest absolute Gasteiger partial charge is 0.480 e. The van der Waals surface area contributed by atoms with Gasteiger partial charge in [0, 0.05) is 11.8 Å². The molecule has 0 bridgehead atoms. The summed E-state index contributed by atoms with van der Waals surface area (Å²) in [7, 11) is 0. The molecule has 0 radical (unpaired) electrons. The van der Waals surface area contributed by atoms with Crippen molar-refractivity contribution in [1.82, 2.24) is 5.32 Å². The van der Waals surface area contributed by atoms with Crippen LogP contribution in [0, 0.1) is 6.92 Å². The Kier molecular flexibility index (Phi) is 6.00. The average molecular weight is 466 g/mol. The van der Waals surface area contributed by atoms with E-state index in [4.69, 9.17) is 4.74 Å². The number of hydrogen-bond donors (Lipinski definition) is 2. The van der Waals surface area contributed by atoms with Gasteiger partial charge in [0.25, 0.3) is 0 Å². The molecule has 5 rings (SSSR count). The summed E-state index contributed by atoms with van der Waals surface area (Å²) < 4.78 is 5.60. The molecule has 0 aromatic heterocycles. The summed E-state index contributed by atoms with van der Waals surface area (Å²) in [4.78, 5) is 25.0. The number of carboxylic acid groups (broad SMARTS) is 1. The van der Waals surface area contributed by atoms with E-state index in [9.17, 15) is 14.7 Å². The number of benzene rings is 4. The van der Waals surface area contributed by atoms with Gasteiger partial charge in [0.2, 0.25) is 0 Å². The summed E-state index contributed by atoms with van der Waals surface area (Å²) in [5, 5.41) is 14.6. The molecule has 0 heterocycles. The van der Waals surface area contributed by atoms with Crippen molar-refractivity contribution in [1.29, 1.82) is 0 Å². The second-order valence-electron chi connectivity index (χ2n) is 9.15. The van der Waals surface area contributed by atoms with Crippen LogP contribution in [0.25, 0.3) is 21.9 Å². The normalized spacial score (nSPS) is 14.1. The molecule has 35 heavy (non-hydrogen) atoms. The van der Waals surface area contributed by atoms with E-state index in [-0.39, 0.29) is 12.5 Å². The van der Waals surface area contributed by atoms with E-state index in [1.54, 1.807) is 0 Å². The smallest absolute Gasteiger partial charge is 0.407 e. The fourth-order valence-electron chi connectivity index (χ4n) is 5.22. The fraction of sp³-hybridized carbons (Fsp3) is 0.200. The van der Waals surface area contributed by atoms with Crippen LogP contribution in [0.1, 0.15) is 41.0 Å². The van der Waals surface area contributed by atoms with Crippen LogP contribution in [-0.4, -0.2) is 29.8 Å². The van der Waals surface area contributed by atoms with Crippen molar-refractivity contribution in [3.63, 3.8) is 0 Å². The first-order valence-corrected chi connectivity index (χ1v) is 11.8. The number of nitrogens with one attached hydrogen (secondary N) is 1. The molecule has 5 nitrogen and oxygen atoms in total. The first-order chi connectivity index (χ1) is 16.9. The number of aryl methyl sites for hydroxylation is 1. The predicted molar refractivity (Wildman–Crippen MR) is 137 cm³/mol. The predicted octanol–water partition coefficient (Wildman–Crippen LogP) is 6.24. The maximum absolute atomic E-state index is 12.8. The van der Waals surface area contributed by atoms with Gasteiger partial charge in [-0.15, -0.1) is 0 Å². The van der Waals surface area contributed by atoms with E-state index in [0.29, 0.717) is 0 Å². The lowest BCUT2D eigenvalue weighted by atomic mass is 9.88. The van der Waals surface area contributed by atoms with E-state index < -0.39 is 24.0 Å². The van der Waals surface area contributed by atoms with Crippen molar-refractivity contribution < 1.29 is 19.4 Å². The number of rotatable bonds is 6. The molecule has 4 aromatic carbocycles. The fourth-order valence-corrected chi connectivity index (χ4v) is 5.22. The van der Waals surface area contributed by atoms with E-state index in [2.05, 4.69) is 23.5 Å². The van der Waals surface area contributed by atoms with Crippen LogP contribution in [0.5, 0.6) is 0 Å². The summed E-state index contributed by atoms with van der Waals surface area (Å²) in [5.41, 5.74) is 6.41. The molecule has 0 unspecified atom stereocenters. The Hall–Kier alpha value is -4.12. The number of carboxylic acids is 1. The molecular formula is C30H27NO4. The molecule has 0 saturated heterocycles. The molecule has 0 aliphatic heterocycles. The van der Waals surface area contributed by atoms with Crippen molar-refractivity contribution in [2.75, 3.05) is 6.61 Å². The SMILES string of the molecule is Cc1cc([C@H](C)[C@H](NC(=O)OCC2c3ccccc3-c3ccccc32)C(=O)O)c2ccccc2c1. The monoisotopic (exact) mass is 465 g/mol. The topological polar surface area (TPSA) is 75.6 Å². The van der Waals surface area contributed by atoms with Crippen molar-refractivity contribution >= 4 is 22.8 Å². The maximum atomic E-state index is 12.8. The second-order valence-corrected chi connectivity index (χ2v) is 9.15. The number of aliphatic carboxylic acids is 1. The zero-order valence-corrected chi connectivity index (χ0v) is 19.7. The van der Waals surface area contributed by atoms with Crippen molar-refractivity contribution in [3.8, 4) is 11.1 Å². The van der Waals surface area contributed by atoms with Gasteiger partial charge in [0.1, 0.15) is 12.6 Å². The lowest BCUT2D eigenvalue weighted by molar-refractivity contribution is -0.139. The average Bonchev–Trinajstić information content (AvgIpc) is 3.18. The van der Waals surface area contributed by atoms with Gasteiger partial charge < -0.3 is 15.2 Å². The van der Waals surface area contributed by atoms with Gasteiger partial charge in [-0.05, 0) is 45.5 Å². The Balaban J connectivity index is 1.34. The highest BCUT2D eigenvalue weighted by Crippen LogP contribution is 2.44. The summed E-state index contributed by atoms with van der Waals surface area (Å²) in [6.45, 7) is 3.94. The number of amides is 1. The van der Waals surface area contributed by atoms with Crippen LogP contribution in [0.2, 0.25) is 0 Å². The van der Waals surface area contributed by atoms with Gasteiger partial charge in [0.05, 0.1) is 0 Å². The van der Waals surface area contributed by atoms with Gasteiger partial charge in [-0.25, -0.2) is 9.59 Å². The van der Waals surface area contributed by atoms with Gasteiger partial charge in [-0.3, -0.25) is 0 Å². The van der Waals surface area contributed by atoms with E-state index in [0.717, 1.165) is 44.2 Å². The minimum Gasteiger partial charge on any atom is -0.480 e. The molecular weight excluding hydrogens is 438 g/mol. The summed E-state index contributed by atoms with van der Waals surface area (Å²) in [5.74, 6) is -1.65. The molecule has 0 fully saturated rings. The third-order valence-corrected chi connectivity index (χ3v) is 6.91. The summed E-state index contributed by atoms with van der Waals surface area (Å²) in [6, 6.07) is 27.0. The number of ether oxygens (including phenoxy) is 1. The zero-order valence-electron chi connectivity index (χ0n) is 19.7. The van der Waals surface area contributed by atoms with Crippen LogP contribution >= 0.6 is 0 Å². The molecule has 1 aliphatic carbocycles. The minimum atomic E-state index is -1.13. The molecule has 0 saturated carbocycles. The van der Waals surface area contributed by atoms with E-state index in [1.165, 1.54) is 0 Å². The van der Waals surface area contributed by atoms with Crippen LogP contribution in [-0.2, 0) is 9.53 Å². The Morgan fingerprint density at radius 2 is 1.51 bits per heavy atom. The Labute approximate surface area is 204 Å². The Morgan fingerprint density at radius 1 is 0.914 bits per heavy atom. The first-order valence-electron chi connectivity index (χ1n) is 11.8. The van der Waals surface area contributed by atoms with E-state index >= 15 is 0 Å². The van der Waals surface area contributed by atoms with Crippen LogP contribution in [0.15, 0.2) is 84.9 Å². The highest BCUT2D eigenvalue weighted by atomic mass is 16.5. The molecule has 2 atom stereocenters. The number of fused-ring (bicyclic) bond motifs is 4. The quantitative estimate of drug-likeness (QED) is 0.353. The highest BCUT2D eigenvalue weighted by Gasteiger charge is 2.32. The van der Waals surface area contributed by atoms with Gasteiger partial charge >= 0.3 is 12.1 Å². The standard InChI is InChI=1S/C30H27NO4/c1-18-15-20-9-3-4-10-21(20)26(16-18)19(2)28(29(32)33)31-30(34)35-17-27-24-13-7-5-11-22(24)23-12-6-8-14-25(23)27/h3-16,19,27-28H,17H2,1-2H3,(H,31,34)(H,32,33)/t19-,28-/m0/s1. The van der Waals surface area contributed by atoms with E-state index in [1.807, 2.05) is 80.6 Å². The molecule has 4 aromatic rings. The third-order valence-electron chi connectivity index (χ3n) is 6.91. The summed E-state index contributed by atoms with van der Waals surface area (Å²) in [6.07, 6.45) is -0.733. The maximum Gasteiger partial charge on any atom is 0.407 e. The van der Waals surface area contributed by atoms with Crippen molar-refractivity contribution in [2.45, 2.75) is 31.7 Å².